The Morgan fingerprint density at radius 2 is 2.00 bits per heavy atom. The molecule has 0 bridgehead atoms. The van der Waals surface area contributed by atoms with Crippen molar-refractivity contribution in [2.45, 2.75) is 12.7 Å². The van der Waals surface area contributed by atoms with E-state index in [2.05, 4.69) is 22.6 Å². The maximum Gasteiger partial charge on any atom is 0.123 e. The van der Waals surface area contributed by atoms with Crippen molar-refractivity contribution in [3.8, 4) is 11.3 Å². The first-order valence-corrected chi connectivity index (χ1v) is 5.26. The summed E-state index contributed by atoms with van der Waals surface area (Å²) in [7, 11) is 0. The molecule has 0 saturated heterocycles. The topological polar surface area (TPSA) is 28.7 Å². The number of H-pyrrole nitrogens is 1. The Morgan fingerprint density at radius 1 is 1.33 bits per heavy atom. The largest absolute Gasteiger partial charge is 0.345 e. The minimum atomic E-state index is -0.235. The lowest BCUT2D eigenvalue weighted by atomic mass is 10.1. The Morgan fingerprint density at radius 3 is 2.53 bits per heavy atom. The molecule has 78 valence electrons. The fourth-order valence-electron chi connectivity index (χ4n) is 1.49. The molecule has 1 aromatic carbocycles. The predicted octanol–water partition coefficient (Wildman–Crippen LogP) is 2.95. The number of hydrogen-bond acceptors (Lipinski definition) is 2. The van der Waals surface area contributed by atoms with Crippen molar-refractivity contribution in [1.29, 1.82) is 0 Å². The van der Waals surface area contributed by atoms with Gasteiger partial charge in [0.05, 0.1) is 5.69 Å². The van der Waals surface area contributed by atoms with Gasteiger partial charge in [-0.1, -0.05) is 0 Å². The fourth-order valence-corrected chi connectivity index (χ4v) is 1.64. The summed E-state index contributed by atoms with van der Waals surface area (Å²) in [6.07, 6.45) is 0. The first-order chi connectivity index (χ1) is 7.20. The van der Waals surface area contributed by atoms with Gasteiger partial charge < -0.3 is 4.98 Å². The summed E-state index contributed by atoms with van der Waals surface area (Å²) < 4.78 is 12.7. The average Bonchev–Trinajstić information content (AvgIpc) is 2.61. The summed E-state index contributed by atoms with van der Waals surface area (Å²) in [5.41, 5.74) is 2.75. The third kappa shape index (κ3) is 2.04. The van der Waals surface area contributed by atoms with Gasteiger partial charge in [0.25, 0.3) is 0 Å². The average molecular weight is 222 g/mol. The highest BCUT2D eigenvalue weighted by molar-refractivity contribution is 7.79. The summed E-state index contributed by atoms with van der Waals surface area (Å²) in [5, 5.41) is 0. The molecule has 2 aromatic rings. The summed E-state index contributed by atoms with van der Waals surface area (Å²) in [4.78, 5) is 7.50. The molecular weight excluding hydrogens is 211 g/mol. The number of nitrogens with one attached hydrogen (secondary N) is 1. The number of nitrogens with zero attached hydrogens (tertiary/aromatic N) is 1. The van der Waals surface area contributed by atoms with Crippen LogP contribution in [0.5, 0.6) is 0 Å². The molecule has 0 fully saturated rings. The molecule has 2 rings (SSSR count). The van der Waals surface area contributed by atoms with Crippen molar-refractivity contribution in [2.24, 2.45) is 0 Å². The van der Waals surface area contributed by atoms with E-state index in [4.69, 9.17) is 0 Å². The van der Waals surface area contributed by atoms with E-state index in [9.17, 15) is 4.39 Å². The number of halogens is 1. The molecule has 1 N–H and O–H groups in total. The van der Waals surface area contributed by atoms with Crippen molar-refractivity contribution in [3.63, 3.8) is 0 Å². The van der Waals surface area contributed by atoms with Crippen molar-refractivity contribution in [2.75, 3.05) is 0 Å². The highest BCUT2D eigenvalue weighted by Gasteiger charge is 2.07. The van der Waals surface area contributed by atoms with Gasteiger partial charge in [-0.3, -0.25) is 0 Å². The maximum atomic E-state index is 12.7. The van der Waals surface area contributed by atoms with Crippen LogP contribution < -0.4 is 0 Å². The molecule has 0 amide bonds. The fraction of sp³-hybridized carbons (Fsp3) is 0.182. The lowest BCUT2D eigenvalue weighted by molar-refractivity contribution is 0.628. The van der Waals surface area contributed by atoms with E-state index in [-0.39, 0.29) is 5.82 Å². The van der Waals surface area contributed by atoms with Crippen molar-refractivity contribution < 1.29 is 4.39 Å². The van der Waals surface area contributed by atoms with Crippen molar-refractivity contribution >= 4 is 12.6 Å². The quantitative estimate of drug-likeness (QED) is 0.751. The number of imidazole rings is 1. The van der Waals surface area contributed by atoms with Crippen LogP contribution in [0.2, 0.25) is 0 Å². The molecule has 1 aromatic heterocycles. The highest BCUT2D eigenvalue weighted by atomic mass is 32.1. The monoisotopic (exact) mass is 222 g/mol. The summed E-state index contributed by atoms with van der Waals surface area (Å²) >= 11 is 4.15. The minimum Gasteiger partial charge on any atom is -0.345 e. The maximum absolute atomic E-state index is 12.7. The molecule has 0 aliphatic heterocycles. The van der Waals surface area contributed by atoms with E-state index in [1.807, 2.05) is 6.92 Å². The molecule has 0 spiro atoms. The molecule has 0 saturated carbocycles. The second-order valence-electron chi connectivity index (χ2n) is 3.32. The van der Waals surface area contributed by atoms with Gasteiger partial charge in [-0.25, -0.2) is 9.37 Å². The molecule has 0 atom stereocenters. The number of benzene rings is 1. The summed E-state index contributed by atoms with van der Waals surface area (Å²) in [6.45, 7) is 1.94. The van der Waals surface area contributed by atoms with Crippen molar-refractivity contribution in [1.82, 2.24) is 9.97 Å². The summed E-state index contributed by atoms with van der Waals surface area (Å²) in [5.74, 6) is 1.17. The molecule has 2 nitrogen and oxygen atoms in total. The van der Waals surface area contributed by atoms with E-state index in [1.165, 1.54) is 12.1 Å². The second-order valence-corrected chi connectivity index (χ2v) is 3.64. The number of aromatic amines is 1. The highest BCUT2D eigenvalue weighted by Crippen LogP contribution is 2.21. The second kappa shape index (κ2) is 4.06. The van der Waals surface area contributed by atoms with Gasteiger partial charge in [-0.15, -0.1) is 0 Å². The van der Waals surface area contributed by atoms with Crippen LogP contribution in [0.15, 0.2) is 24.3 Å². The number of aryl methyl sites for hydroxylation is 1. The zero-order valence-corrected chi connectivity index (χ0v) is 9.18. The van der Waals surface area contributed by atoms with Gasteiger partial charge in [0.15, 0.2) is 0 Å². The molecule has 0 radical (unpaired) electrons. The van der Waals surface area contributed by atoms with Gasteiger partial charge >= 0.3 is 0 Å². The molecule has 4 heteroatoms. The first-order valence-electron chi connectivity index (χ1n) is 4.63. The normalized spacial score (nSPS) is 10.6. The van der Waals surface area contributed by atoms with Gasteiger partial charge in [0, 0.05) is 17.0 Å². The number of rotatable bonds is 2. The van der Waals surface area contributed by atoms with Gasteiger partial charge in [0.2, 0.25) is 0 Å². The van der Waals surface area contributed by atoms with Crippen LogP contribution in [-0.2, 0) is 5.75 Å². The molecule has 0 aliphatic rings. The van der Waals surface area contributed by atoms with E-state index < -0.39 is 0 Å². The molecular formula is C11H11FN2S. The lowest BCUT2D eigenvalue weighted by Gasteiger charge is -1.97. The molecule has 0 aliphatic carbocycles. The van der Waals surface area contributed by atoms with E-state index in [0.717, 1.165) is 22.8 Å². The number of thiol groups is 1. The van der Waals surface area contributed by atoms with Crippen LogP contribution in [0, 0.1) is 12.7 Å². The molecule has 0 unspecified atom stereocenters. The lowest BCUT2D eigenvalue weighted by Crippen LogP contribution is -1.82. The SMILES string of the molecule is Cc1[nH]c(CS)nc1-c1ccc(F)cc1. The Labute approximate surface area is 93.0 Å². The zero-order valence-electron chi connectivity index (χ0n) is 8.29. The Bertz CT molecular complexity index is 462. The van der Waals surface area contributed by atoms with Crippen LogP contribution in [0.3, 0.4) is 0 Å². The van der Waals surface area contributed by atoms with E-state index in [1.54, 1.807) is 12.1 Å². The van der Waals surface area contributed by atoms with Gasteiger partial charge in [-0.05, 0) is 31.2 Å². The Balaban J connectivity index is 2.44. The first kappa shape index (κ1) is 10.2. The number of hydrogen-bond donors (Lipinski definition) is 2. The van der Waals surface area contributed by atoms with Crippen LogP contribution in [0.25, 0.3) is 11.3 Å². The van der Waals surface area contributed by atoms with E-state index >= 15 is 0 Å². The Hall–Kier alpha value is -1.29. The summed E-state index contributed by atoms with van der Waals surface area (Å²) in [6, 6.07) is 6.31. The van der Waals surface area contributed by atoms with Gasteiger partial charge in [-0.2, -0.15) is 12.6 Å². The zero-order chi connectivity index (χ0) is 10.8. The molecule has 1 heterocycles. The predicted molar refractivity (Wildman–Crippen MR) is 61.4 cm³/mol. The van der Waals surface area contributed by atoms with E-state index in [0.29, 0.717) is 5.75 Å². The minimum absolute atomic E-state index is 0.235. The van der Waals surface area contributed by atoms with Crippen LogP contribution in [0.1, 0.15) is 11.5 Å². The molecule has 15 heavy (non-hydrogen) atoms. The van der Waals surface area contributed by atoms with Crippen molar-refractivity contribution in [3.05, 3.63) is 41.6 Å². The Kier molecular flexibility index (Phi) is 2.77. The number of aromatic nitrogens is 2. The third-order valence-corrected chi connectivity index (χ3v) is 2.50. The van der Waals surface area contributed by atoms with Crippen LogP contribution >= 0.6 is 12.6 Å². The third-order valence-electron chi connectivity index (χ3n) is 2.20. The van der Waals surface area contributed by atoms with Crippen LogP contribution in [0.4, 0.5) is 4.39 Å². The smallest absolute Gasteiger partial charge is 0.123 e. The van der Waals surface area contributed by atoms with Crippen LogP contribution in [-0.4, -0.2) is 9.97 Å². The van der Waals surface area contributed by atoms with Gasteiger partial charge in [0.1, 0.15) is 11.6 Å². The standard InChI is InChI=1S/C11H11FN2S/c1-7-11(14-10(6-15)13-7)8-2-4-9(12)5-3-8/h2-5,15H,6H2,1H3,(H,13,14).